The summed E-state index contributed by atoms with van der Waals surface area (Å²) in [4.78, 5) is 34.1. The number of aromatic nitrogens is 2. The summed E-state index contributed by atoms with van der Waals surface area (Å²) in [7, 11) is 1.30. The van der Waals surface area contributed by atoms with Crippen LogP contribution in [0.1, 0.15) is 34.8 Å². The van der Waals surface area contributed by atoms with Gasteiger partial charge in [-0.3, -0.25) is 4.79 Å². The minimum Gasteiger partial charge on any atom is -0.465 e. The van der Waals surface area contributed by atoms with Crippen molar-refractivity contribution in [3.63, 3.8) is 0 Å². The SMILES string of the molecule is COC(=O)c1ccc(CC(=O)N[C@H](C)c2n[nH]c(=O)o2)cc1. The third kappa shape index (κ3) is 3.81. The first-order valence-corrected chi connectivity index (χ1v) is 6.51. The Morgan fingerprint density at radius 3 is 2.59 bits per heavy atom. The van der Waals surface area contributed by atoms with Gasteiger partial charge in [-0.1, -0.05) is 12.1 Å². The number of amides is 1. The Balaban J connectivity index is 1.94. The zero-order valence-electron chi connectivity index (χ0n) is 12.1. The lowest BCUT2D eigenvalue weighted by molar-refractivity contribution is -0.121. The molecule has 0 saturated carbocycles. The Kier molecular flexibility index (Phi) is 4.72. The molecule has 2 aromatic rings. The van der Waals surface area contributed by atoms with Crippen molar-refractivity contribution < 1.29 is 18.7 Å². The second kappa shape index (κ2) is 6.70. The zero-order valence-corrected chi connectivity index (χ0v) is 12.1. The van der Waals surface area contributed by atoms with Crippen LogP contribution in [0.3, 0.4) is 0 Å². The summed E-state index contributed by atoms with van der Waals surface area (Å²) in [6.45, 7) is 1.65. The maximum Gasteiger partial charge on any atom is 0.434 e. The van der Waals surface area contributed by atoms with Gasteiger partial charge in [0.1, 0.15) is 6.04 Å². The molecule has 116 valence electrons. The number of aromatic amines is 1. The lowest BCUT2D eigenvalue weighted by atomic mass is 10.1. The molecule has 0 radical (unpaired) electrons. The zero-order chi connectivity index (χ0) is 16.1. The molecule has 8 nitrogen and oxygen atoms in total. The summed E-state index contributed by atoms with van der Waals surface area (Å²) in [5, 5.41) is 8.43. The number of benzene rings is 1. The molecule has 1 heterocycles. The summed E-state index contributed by atoms with van der Waals surface area (Å²) in [6, 6.07) is 5.99. The lowest BCUT2D eigenvalue weighted by Crippen LogP contribution is -2.28. The fraction of sp³-hybridized carbons (Fsp3) is 0.286. The highest BCUT2D eigenvalue weighted by Crippen LogP contribution is 2.09. The molecule has 1 amide bonds. The molecule has 1 atom stereocenters. The highest BCUT2D eigenvalue weighted by molar-refractivity contribution is 5.89. The van der Waals surface area contributed by atoms with E-state index >= 15 is 0 Å². The fourth-order valence-electron chi connectivity index (χ4n) is 1.84. The van der Waals surface area contributed by atoms with Gasteiger partial charge in [0.2, 0.25) is 11.8 Å². The van der Waals surface area contributed by atoms with E-state index in [1.807, 2.05) is 0 Å². The molecule has 0 bridgehead atoms. The van der Waals surface area contributed by atoms with Crippen LogP contribution in [0.15, 0.2) is 33.5 Å². The first-order valence-electron chi connectivity index (χ1n) is 6.51. The highest BCUT2D eigenvalue weighted by atomic mass is 16.5. The number of carbonyl (C=O) groups excluding carboxylic acids is 2. The molecular weight excluding hydrogens is 290 g/mol. The van der Waals surface area contributed by atoms with Crippen molar-refractivity contribution in [1.82, 2.24) is 15.5 Å². The van der Waals surface area contributed by atoms with E-state index in [9.17, 15) is 14.4 Å². The van der Waals surface area contributed by atoms with Gasteiger partial charge in [0.15, 0.2) is 0 Å². The van der Waals surface area contributed by atoms with Gasteiger partial charge in [-0.2, -0.15) is 0 Å². The molecule has 2 rings (SSSR count). The number of methoxy groups -OCH3 is 1. The average molecular weight is 305 g/mol. The molecule has 0 saturated heterocycles. The van der Waals surface area contributed by atoms with Gasteiger partial charge >= 0.3 is 11.7 Å². The standard InChI is InChI=1S/C14H15N3O5/c1-8(12-16-17-14(20)22-12)15-11(18)7-9-3-5-10(6-4-9)13(19)21-2/h3-6,8H,7H2,1-2H3,(H,15,18)(H,17,20)/t8-/m1/s1. The Morgan fingerprint density at radius 1 is 1.36 bits per heavy atom. The number of ether oxygens (including phenoxy) is 1. The third-order valence-corrected chi connectivity index (χ3v) is 2.94. The molecule has 0 fully saturated rings. The molecule has 0 aliphatic heterocycles. The van der Waals surface area contributed by atoms with Gasteiger partial charge in [0.05, 0.1) is 19.1 Å². The van der Waals surface area contributed by atoms with Gasteiger partial charge in [-0.15, -0.1) is 5.10 Å². The highest BCUT2D eigenvalue weighted by Gasteiger charge is 2.15. The normalized spacial score (nSPS) is 11.7. The van der Waals surface area contributed by atoms with Crippen molar-refractivity contribution in [2.75, 3.05) is 7.11 Å². The van der Waals surface area contributed by atoms with Crippen LogP contribution in [0.2, 0.25) is 0 Å². The van der Waals surface area contributed by atoms with Gasteiger partial charge < -0.3 is 14.5 Å². The summed E-state index contributed by atoms with van der Waals surface area (Å²) >= 11 is 0. The van der Waals surface area contributed by atoms with E-state index in [2.05, 4.69) is 20.3 Å². The summed E-state index contributed by atoms with van der Waals surface area (Å²) in [6.07, 6.45) is 0.125. The van der Waals surface area contributed by atoms with Gasteiger partial charge in [-0.25, -0.2) is 14.7 Å². The molecule has 0 aliphatic carbocycles. The number of carbonyl (C=O) groups is 2. The van der Waals surface area contributed by atoms with E-state index in [-0.39, 0.29) is 18.2 Å². The quantitative estimate of drug-likeness (QED) is 0.780. The van der Waals surface area contributed by atoms with Gasteiger partial charge in [-0.05, 0) is 24.6 Å². The van der Waals surface area contributed by atoms with Crippen LogP contribution in [0, 0.1) is 0 Å². The van der Waals surface area contributed by atoms with Crippen molar-refractivity contribution in [1.29, 1.82) is 0 Å². The third-order valence-electron chi connectivity index (χ3n) is 2.94. The smallest absolute Gasteiger partial charge is 0.434 e. The number of hydrogen-bond donors (Lipinski definition) is 2. The molecule has 8 heteroatoms. The summed E-state index contributed by atoms with van der Waals surface area (Å²) < 4.78 is 9.36. The van der Waals surface area contributed by atoms with Crippen molar-refractivity contribution in [3.05, 3.63) is 51.8 Å². The number of nitrogens with zero attached hydrogens (tertiary/aromatic N) is 1. The number of hydrogen-bond acceptors (Lipinski definition) is 6. The number of esters is 1. The number of nitrogens with one attached hydrogen (secondary N) is 2. The van der Waals surface area contributed by atoms with Crippen LogP contribution >= 0.6 is 0 Å². The van der Waals surface area contributed by atoms with E-state index in [1.165, 1.54) is 7.11 Å². The molecule has 0 aliphatic rings. The van der Waals surface area contributed by atoms with E-state index in [1.54, 1.807) is 31.2 Å². The Morgan fingerprint density at radius 2 is 2.05 bits per heavy atom. The van der Waals surface area contributed by atoms with E-state index in [4.69, 9.17) is 4.42 Å². The molecule has 22 heavy (non-hydrogen) atoms. The van der Waals surface area contributed by atoms with Crippen molar-refractivity contribution in [2.45, 2.75) is 19.4 Å². The number of rotatable bonds is 5. The van der Waals surface area contributed by atoms with Crippen LogP contribution in [-0.2, 0) is 16.0 Å². The predicted molar refractivity (Wildman–Crippen MR) is 75.2 cm³/mol. The van der Waals surface area contributed by atoms with Crippen molar-refractivity contribution in [3.8, 4) is 0 Å². The second-order valence-electron chi connectivity index (χ2n) is 4.61. The van der Waals surface area contributed by atoms with Crippen LogP contribution in [0.5, 0.6) is 0 Å². The van der Waals surface area contributed by atoms with Crippen LogP contribution < -0.4 is 11.1 Å². The second-order valence-corrected chi connectivity index (χ2v) is 4.61. The van der Waals surface area contributed by atoms with Crippen LogP contribution in [0.4, 0.5) is 0 Å². The molecule has 1 aromatic carbocycles. The molecule has 0 unspecified atom stereocenters. The van der Waals surface area contributed by atoms with E-state index in [0.717, 1.165) is 5.56 Å². The predicted octanol–water partition coefficient (Wildman–Crippen LogP) is 0.569. The maximum absolute atomic E-state index is 11.9. The lowest BCUT2D eigenvalue weighted by Gasteiger charge is -2.10. The molecule has 2 N–H and O–H groups in total. The monoisotopic (exact) mass is 305 g/mol. The van der Waals surface area contributed by atoms with Gasteiger partial charge in [0.25, 0.3) is 0 Å². The van der Waals surface area contributed by atoms with E-state index < -0.39 is 17.8 Å². The van der Waals surface area contributed by atoms with Crippen LogP contribution in [0.25, 0.3) is 0 Å². The van der Waals surface area contributed by atoms with Crippen LogP contribution in [-0.4, -0.2) is 29.2 Å². The first kappa shape index (κ1) is 15.5. The van der Waals surface area contributed by atoms with Gasteiger partial charge in [0, 0.05) is 0 Å². The summed E-state index contributed by atoms with van der Waals surface area (Å²) in [5.41, 5.74) is 1.15. The Bertz CT molecular complexity index is 717. The summed E-state index contributed by atoms with van der Waals surface area (Å²) in [5.74, 6) is -1.25. The molecule has 0 spiro atoms. The molecular formula is C14H15N3O5. The first-order chi connectivity index (χ1) is 10.5. The minimum absolute atomic E-state index is 0.111. The fourth-order valence-corrected chi connectivity index (χ4v) is 1.84. The largest absolute Gasteiger partial charge is 0.465 e. The topological polar surface area (TPSA) is 114 Å². The number of H-pyrrole nitrogens is 1. The minimum atomic E-state index is -0.672. The molecule has 1 aromatic heterocycles. The average Bonchev–Trinajstić information content (AvgIpc) is 2.94. The van der Waals surface area contributed by atoms with Crippen molar-refractivity contribution in [2.24, 2.45) is 0 Å². The van der Waals surface area contributed by atoms with Crippen molar-refractivity contribution >= 4 is 11.9 Å². The Labute approximate surface area is 125 Å². The van der Waals surface area contributed by atoms with E-state index in [0.29, 0.717) is 5.56 Å². The Hall–Kier alpha value is -2.90. The maximum atomic E-state index is 11.9.